The largest absolute Gasteiger partial charge is 0.351 e. The highest BCUT2D eigenvalue weighted by Gasteiger charge is 2.12. The van der Waals surface area contributed by atoms with Gasteiger partial charge in [0.05, 0.1) is 5.75 Å². The molecule has 3 rings (SSSR count). The SMILES string of the molecule is Cn1c(SCC(=O)NCc2ccccc2)nnc1-c1ccccc1. The van der Waals surface area contributed by atoms with E-state index in [1.54, 1.807) is 0 Å². The van der Waals surface area contributed by atoms with Crippen LogP contribution in [0.5, 0.6) is 0 Å². The fraction of sp³-hybridized carbons (Fsp3) is 0.167. The number of nitrogens with one attached hydrogen (secondary N) is 1. The Morgan fingerprint density at radius 3 is 2.42 bits per heavy atom. The minimum Gasteiger partial charge on any atom is -0.351 e. The maximum Gasteiger partial charge on any atom is 0.230 e. The van der Waals surface area contributed by atoms with Crippen molar-refractivity contribution >= 4 is 17.7 Å². The summed E-state index contributed by atoms with van der Waals surface area (Å²) in [4.78, 5) is 12.0. The highest BCUT2D eigenvalue weighted by atomic mass is 32.2. The van der Waals surface area contributed by atoms with E-state index in [-0.39, 0.29) is 5.91 Å². The summed E-state index contributed by atoms with van der Waals surface area (Å²) in [6.45, 7) is 0.536. The van der Waals surface area contributed by atoms with Gasteiger partial charge >= 0.3 is 0 Å². The number of amides is 1. The Hall–Kier alpha value is -2.60. The van der Waals surface area contributed by atoms with Crippen molar-refractivity contribution in [3.63, 3.8) is 0 Å². The summed E-state index contributed by atoms with van der Waals surface area (Å²) < 4.78 is 1.91. The van der Waals surface area contributed by atoms with Crippen LogP contribution in [0.3, 0.4) is 0 Å². The van der Waals surface area contributed by atoms with Crippen LogP contribution in [0.1, 0.15) is 5.56 Å². The van der Waals surface area contributed by atoms with Gasteiger partial charge in [-0.1, -0.05) is 72.4 Å². The number of rotatable bonds is 6. The third-order valence-corrected chi connectivity index (χ3v) is 4.55. The second kappa shape index (κ2) is 7.79. The van der Waals surface area contributed by atoms with Gasteiger partial charge in [0.15, 0.2) is 11.0 Å². The molecule has 0 aliphatic heterocycles. The summed E-state index contributed by atoms with van der Waals surface area (Å²) in [6, 6.07) is 19.7. The lowest BCUT2D eigenvalue weighted by atomic mass is 10.2. The molecule has 6 heteroatoms. The van der Waals surface area contributed by atoms with Gasteiger partial charge in [0.2, 0.25) is 5.91 Å². The standard InChI is InChI=1S/C18H18N4OS/c1-22-17(15-10-6-3-7-11-15)20-21-18(22)24-13-16(23)19-12-14-8-4-2-5-9-14/h2-11H,12-13H2,1H3,(H,19,23). The number of aromatic nitrogens is 3. The molecule has 0 aliphatic carbocycles. The van der Waals surface area contributed by atoms with Gasteiger partial charge < -0.3 is 9.88 Å². The topological polar surface area (TPSA) is 59.8 Å². The van der Waals surface area contributed by atoms with Gasteiger partial charge in [0.25, 0.3) is 0 Å². The van der Waals surface area contributed by atoms with E-state index in [9.17, 15) is 4.79 Å². The molecule has 5 nitrogen and oxygen atoms in total. The van der Waals surface area contributed by atoms with Crippen LogP contribution in [0.2, 0.25) is 0 Å². The molecule has 122 valence electrons. The van der Waals surface area contributed by atoms with Gasteiger partial charge in [-0.2, -0.15) is 0 Å². The lowest BCUT2D eigenvalue weighted by Crippen LogP contribution is -2.24. The number of nitrogens with zero attached hydrogens (tertiary/aromatic N) is 3. The van der Waals surface area contributed by atoms with E-state index >= 15 is 0 Å². The molecule has 0 fully saturated rings. The first kappa shape index (κ1) is 16.3. The van der Waals surface area contributed by atoms with E-state index in [0.717, 1.165) is 22.1 Å². The van der Waals surface area contributed by atoms with Crippen LogP contribution < -0.4 is 5.32 Å². The average molecular weight is 338 g/mol. The molecule has 0 saturated heterocycles. The molecule has 0 aliphatic rings. The molecule has 0 radical (unpaired) electrons. The van der Waals surface area contributed by atoms with Crippen molar-refractivity contribution in [2.45, 2.75) is 11.7 Å². The van der Waals surface area contributed by atoms with Crippen molar-refractivity contribution in [1.29, 1.82) is 0 Å². The van der Waals surface area contributed by atoms with E-state index in [4.69, 9.17) is 0 Å². The molecular formula is C18H18N4OS. The zero-order valence-corrected chi connectivity index (χ0v) is 14.2. The quantitative estimate of drug-likeness (QED) is 0.702. The first-order valence-electron chi connectivity index (χ1n) is 7.62. The number of carbonyl (C=O) groups is 1. The normalized spacial score (nSPS) is 10.5. The Morgan fingerprint density at radius 2 is 1.71 bits per heavy atom. The monoisotopic (exact) mass is 338 g/mol. The third kappa shape index (κ3) is 4.02. The number of hydrogen-bond donors (Lipinski definition) is 1. The van der Waals surface area contributed by atoms with Crippen LogP contribution in [-0.2, 0) is 18.4 Å². The molecule has 0 atom stereocenters. The molecule has 1 amide bonds. The number of thioether (sulfide) groups is 1. The van der Waals surface area contributed by atoms with Gasteiger partial charge in [-0.25, -0.2) is 0 Å². The summed E-state index contributed by atoms with van der Waals surface area (Å²) in [5, 5.41) is 12.0. The van der Waals surface area contributed by atoms with Crippen molar-refractivity contribution in [1.82, 2.24) is 20.1 Å². The molecular weight excluding hydrogens is 320 g/mol. The van der Waals surface area contributed by atoms with Gasteiger partial charge in [-0.05, 0) is 5.56 Å². The van der Waals surface area contributed by atoms with Gasteiger partial charge in [0, 0.05) is 19.2 Å². The van der Waals surface area contributed by atoms with Crippen LogP contribution >= 0.6 is 11.8 Å². The summed E-state index contributed by atoms with van der Waals surface area (Å²) in [6.07, 6.45) is 0. The van der Waals surface area contributed by atoms with Crippen molar-refractivity contribution in [2.24, 2.45) is 7.05 Å². The van der Waals surface area contributed by atoms with Crippen molar-refractivity contribution < 1.29 is 4.79 Å². The highest BCUT2D eigenvalue weighted by Crippen LogP contribution is 2.22. The number of carbonyl (C=O) groups excluding carboxylic acids is 1. The summed E-state index contributed by atoms with van der Waals surface area (Å²) in [7, 11) is 1.91. The average Bonchev–Trinajstić information content (AvgIpc) is 3.00. The second-order valence-electron chi connectivity index (χ2n) is 5.28. The molecule has 0 bridgehead atoms. The maximum atomic E-state index is 12.0. The van der Waals surface area contributed by atoms with Gasteiger partial charge in [-0.15, -0.1) is 10.2 Å². The Bertz CT molecular complexity index is 802. The van der Waals surface area contributed by atoms with E-state index in [0.29, 0.717) is 12.3 Å². The van der Waals surface area contributed by atoms with Crippen molar-refractivity contribution in [2.75, 3.05) is 5.75 Å². The van der Waals surface area contributed by atoms with Crippen molar-refractivity contribution in [3.05, 3.63) is 66.2 Å². The predicted molar refractivity (Wildman–Crippen MR) is 95.5 cm³/mol. The molecule has 1 aromatic heterocycles. The fourth-order valence-electron chi connectivity index (χ4n) is 2.26. The van der Waals surface area contributed by atoms with E-state index in [2.05, 4.69) is 15.5 Å². The molecule has 3 aromatic rings. The third-order valence-electron chi connectivity index (χ3n) is 3.53. The zero-order chi connectivity index (χ0) is 16.8. The maximum absolute atomic E-state index is 12.0. The molecule has 24 heavy (non-hydrogen) atoms. The van der Waals surface area contributed by atoms with Crippen LogP contribution in [0.4, 0.5) is 0 Å². The van der Waals surface area contributed by atoms with Gasteiger partial charge in [-0.3, -0.25) is 4.79 Å². The molecule has 0 spiro atoms. The van der Waals surface area contributed by atoms with Crippen molar-refractivity contribution in [3.8, 4) is 11.4 Å². The van der Waals surface area contributed by atoms with E-state index < -0.39 is 0 Å². The Kier molecular flexibility index (Phi) is 5.28. The van der Waals surface area contributed by atoms with Crippen LogP contribution in [0, 0.1) is 0 Å². The second-order valence-corrected chi connectivity index (χ2v) is 6.22. The lowest BCUT2D eigenvalue weighted by Gasteiger charge is -2.06. The Labute approximate surface area is 145 Å². The molecule has 0 unspecified atom stereocenters. The predicted octanol–water partition coefficient (Wildman–Crippen LogP) is 2.89. The van der Waals surface area contributed by atoms with E-state index in [1.165, 1.54) is 11.8 Å². The highest BCUT2D eigenvalue weighted by molar-refractivity contribution is 7.99. The van der Waals surface area contributed by atoms with Gasteiger partial charge in [0.1, 0.15) is 0 Å². The fourth-order valence-corrected chi connectivity index (χ4v) is 3.00. The summed E-state index contributed by atoms with van der Waals surface area (Å²) >= 11 is 1.38. The van der Waals surface area contributed by atoms with Crippen LogP contribution in [0.15, 0.2) is 65.8 Å². The molecule has 1 heterocycles. The first-order chi connectivity index (χ1) is 11.7. The lowest BCUT2D eigenvalue weighted by molar-refractivity contribution is -0.118. The summed E-state index contributed by atoms with van der Waals surface area (Å²) in [5.74, 6) is 1.09. The molecule has 1 N–H and O–H groups in total. The first-order valence-corrected chi connectivity index (χ1v) is 8.61. The van der Waals surface area contributed by atoms with Crippen LogP contribution in [-0.4, -0.2) is 26.4 Å². The van der Waals surface area contributed by atoms with E-state index in [1.807, 2.05) is 72.3 Å². The molecule has 0 saturated carbocycles. The minimum absolute atomic E-state index is 0.0203. The zero-order valence-electron chi connectivity index (χ0n) is 13.3. The number of hydrogen-bond acceptors (Lipinski definition) is 4. The summed E-state index contributed by atoms with van der Waals surface area (Å²) in [5.41, 5.74) is 2.09. The number of benzene rings is 2. The Balaban J connectivity index is 1.55. The Morgan fingerprint density at radius 1 is 1.04 bits per heavy atom. The smallest absolute Gasteiger partial charge is 0.230 e. The van der Waals surface area contributed by atoms with Crippen LogP contribution in [0.25, 0.3) is 11.4 Å². The molecule has 2 aromatic carbocycles. The minimum atomic E-state index is -0.0203.